The van der Waals surface area contributed by atoms with Gasteiger partial charge in [0.15, 0.2) is 5.88 Å². The predicted molar refractivity (Wildman–Crippen MR) is 140 cm³/mol. The van der Waals surface area contributed by atoms with Crippen molar-refractivity contribution in [3.63, 3.8) is 0 Å². The molecule has 1 aliphatic rings. The minimum Gasteiger partial charge on any atom is -0.494 e. The van der Waals surface area contributed by atoms with E-state index in [4.69, 9.17) is 10.7 Å². The first-order valence-corrected chi connectivity index (χ1v) is 11.8. The average Bonchev–Trinajstić information content (AvgIpc) is 3.19. The Bertz CT molecular complexity index is 1370. The highest BCUT2D eigenvalue weighted by Crippen LogP contribution is 2.32. The van der Waals surface area contributed by atoms with E-state index in [-0.39, 0.29) is 11.8 Å². The molecule has 1 aromatic heterocycles. The van der Waals surface area contributed by atoms with Gasteiger partial charge >= 0.3 is 0 Å². The number of hydrogen-bond acceptors (Lipinski definition) is 5. The number of amides is 1. The number of H-pyrrole nitrogens is 1. The van der Waals surface area contributed by atoms with E-state index >= 15 is 0 Å². The van der Waals surface area contributed by atoms with E-state index in [1.54, 1.807) is 13.0 Å². The molecule has 1 saturated heterocycles. The number of piperazine rings is 1. The van der Waals surface area contributed by atoms with Crippen molar-refractivity contribution in [2.45, 2.75) is 13.5 Å². The molecule has 5 rings (SSSR count). The Morgan fingerprint density at radius 2 is 1.71 bits per heavy atom. The van der Waals surface area contributed by atoms with Crippen LogP contribution in [0, 0.1) is 0 Å². The van der Waals surface area contributed by atoms with Gasteiger partial charge in [-0.2, -0.15) is 0 Å². The molecule has 0 atom stereocenters. The minimum atomic E-state index is 0.0644. The van der Waals surface area contributed by atoms with Crippen LogP contribution in [0.3, 0.4) is 0 Å². The number of nitrogens with zero attached hydrogens (tertiary/aromatic N) is 3. The Balaban J connectivity index is 1.44. The first-order chi connectivity index (χ1) is 17.0. The quantitative estimate of drug-likeness (QED) is 0.301. The molecule has 0 bridgehead atoms. The van der Waals surface area contributed by atoms with E-state index in [2.05, 4.69) is 22.0 Å². The van der Waals surface area contributed by atoms with E-state index in [9.17, 15) is 9.90 Å². The lowest BCUT2D eigenvalue weighted by Crippen LogP contribution is -2.47. The highest BCUT2D eigenvalue weighted by atomic mass is 16.3. The van der Waals surface area contributed by atoms with Crippen LogP contribution in [-0.2, 0) is 11.3 Å². The van der Waals surface area contributed by atoms with E-state index < -0.39 is 0 Å². The zero-order chi connectivity index (χ0) is 24.4. The maximum Gasteiger partial charge on any atom is 0.219 e. The molecule has 0 saturated carbocycles. The van der Waals surface area contributed by atoms with Crippen molar-refractivity contribution < 1.29 is 9.90 Å². The number of nitrogens with one attached hydrogen (secondary N) is 1. The van der Waals surface area contributed by atoms with Crippen molar-refractivity contribution >= 4 is 33.9 Å². The highest BCUT2D eigenvalue weighted by Gasteiger charge is 2.20. The van der Waals surface area contributed by atoms with Crippen LogP contribution in [0.5, 0.6) is 5.88 Å². The first-order valence-electron chi connectivity index (χ1n) is 11.8. The Hall–Kier alpha value is -4.10. The van der Waals surface area contributed by atoms with Crippen molar-refractivity contribution in [3.05, 3.63) is 89.5 Å². The van der Waals surface area contributed by atoms with Gasteiger partial charge in [-0.1, -0.05) is 42.5 Å². The third-order valence-corrected chi connectivity index (χ3v) is 6.49. The lowest BCUT2D eigenvalue weighted by atomic mass is 10.0. The Morgan fingerprint density at radius 3 is 2.40 bits per heavy atom. The fraction of sp³-hybridized carbons (Fsp3) is 0.214. The van der Waals surface area contributed by atoms with Crippen LogP contribution in [0.4, 0.5) is 11.4 Å². The summed E-state index contributed by atoms with van der Waals surface area (Å²) in [5.74, 6) is 0.208. The summed E-state index contributed by atoms with van der Waals surface area (Å²) in [7, 11) is 0. The predicted octanol–water partition coefficient (Wildman–Crippen LogP) is 4.29. The molecule has 1 fully saturated rings. The van der Waals surface area contributed by atoms with Crippen molar-refractivity contribution in [1.82, 2.24) is 14.8 Å². The fourth-order valence-electron chi connectivity index (χ4n) is 4.58. The van der Waals surface area contributed by atoms with Gasteiger partial charge in [0.1, 0.15) is 0 Å². The summed E-state index contributed by atoms with van der Waals surface area (Å²) in [6.45, 7) is 5.77. The number of aromatic hydroxyl groups is 1. The van der Waals surface area contributed by atoms with E-state index in [0.717, 1.165) is 54.9 Å². The molecule has 4 aromatic rings. The zero-order valence-corrected chi connectivity index (χ0v) is 19.7. The molecule has 0 aliphatic carbocycles. The number of carbonyl (C=O) groups excluding carboxylic acids is 1. The molecule has 2 heterocycles. The van der Waals surface area contributed by atoms with Crippen molar-refractivity contribution in [2.24, 2.45) is 4.99 Å². The average molecular weight is 468 g/mol. The maximum atomic E-state index is 11.6. The summed E-state index contributed by atoms with van der Waals surface area (Å²) in [5, 5.41) is 11.6. The summed E-state index contributed by atoms with van der Waals surface area (Å²) < 4.78 is 0. The minimum absolute atomic E-state index is 0.0644. The molecule has 3 aromatic carbocycles. The lowest BCUT2D eigenvalue weighted by molar-refractivity contribution is -0.130. The third kappa shape index (κ3) is 4.90. The van der Waals surface area contributed by atoms with E-state index in [1.807, 2.05) is 59.5 Å². The largest absolute Gasteiger partial charge is 0.494 e. The molecule has 0 spiro atoms. The van der Waals surface area contributed by atoms with Gasteiger partial charge in [-0.25, -0.2) is 4.99 Å². The molecular formula is C28H29N5O2. The van der Waals surface area contributed by atoms with Gasteiger partial charge in [-0.3, -0.25) is 9.69 Å². The molecule has 1 amide bonds. The van der Waals surface area contributed by atoms with Crippen molar-refractivity contribution in [1.29, 1.82) is 0 Å². The number of nitrogen functional groups attached to an aromatic ring is 1. The van der Waals surface area contributed by atoms with Crippen LogP contribution in [0.15, 0.2) is 77.8 Å². The molecule has 7 nitrogen and oxygen atoms in total. The smallest absolute Gasteiger partial charge is 0.219 e. The SMILES string of the molecule is CC(=O)N1CCN(Cc2ccc(N=C(c3ccccc3)c3c(O)[nH]c4ccc(N)cc34)cc2)CC1. The van der Waals surface area contributed by atoms with Crippen LogP contribution in [-0.4, -0.2) is 57.7 Å². The fourth-order valence-corrected chi connectivity index (χ4v) is 4.58. The second kappa shape index (κ2) is 9.64. The van der Waals surface area contributed by atoms with Gasteiger partial charge in [0, 0.05) is 61.8 Å². The highest BCUT2D eigenvalue weighted by molar-refractivity contribution is 6.22. The number of carbonyl (C=O) groups is 1. The molecular weight excluding hydrogens is 438 g/mol. The second-order valence-electron chi connectivity index (χ2n) is 8.93. The number of rotatable bonds is 5. The summed E-state index contributed by atoms with van der Waals surface area (Å²) >= 11 is 0. The summed E-state index contributed by atoms with van der Waals surface area (Å²) in [6.07, 6.45) is 0. The summed E-state index contributed by atoms with van der Waals surface area (Å²) in [5.41, 5.74) is 11.7. The first kappa shape index (κ1) is 22.7. The zero-order valence-electron chi connectivity index (χ0n) is 19.7. The molecule has 0 radical (unpaired) electrons. The van der Waals surface area contributed by atoms with Crippen molar-refractivity contribution in [3.8, 4) is 5.88 Å². The maximum absolute atomic E-state index is 11.6. The van der Waals surface area contributed by atoms with Crippen LogP contribution < -0.4 is 5.73 Å². The number of aromatic amines is 1. The van der Waals surface area contributed by atoms with E-state index in [1.165, 1.54) is 5.56 Å². The van der Waals surface area contributed by atoms with Crippen LogP contribution in [0.2, 0.25) is 0 Å². The Labute approximate surface area is 204 Å². The van der Waals surface area contributed by atoms with E-state index in [0.29, 0.717) is 17.0 Å². The molecule has 7 heteroatoms. The van der Waals surface area contributed by atoms with Crippen molar-refractivity contribution in [2.75, 3.05) is 31.9 Å². The van der Waals surface area contributed by atoms with Crippen LogP contribution >= 0.6 is 0 Å². The number of nitrogens with two attached hydrogens (primary N) is 1. The van der Waals surface area contributed by atoms with Gasteiger partial charge in [-0.05, 0) is 35.9 Å². The number of anilines is 1. The third-order valence-electron chi connectivity index (χ3n) is 6.49. The Kier molecular flexibility index (Phi) is 6.25. The van der Waals surface area contributed by atoms with Gasteiger partial charge in [0.05, 0.1) is 17.0 Å². The van der Waals surface area contributed by atoms with Crippen LogP contribution in [0.25, 0.3) is 10.9 Å². The standard InChI is InChI=1S/C28H29N5O2/c1-19(34)33-15-13-32(14-16-33)18-20-7-10-23(11-8-20)30-27(21-5-3-2-4-6-21)26-24-17-22(29)9-12-25(24)31-28(26)35/h2-12,17,31,35H,13-16,18,29H2,1H3. The number of aliphatic imine (C=N–C) groups is 1. The molecule has 178 valence electrons. The van der Waals surface area contributed by atoms with Crippen LogP contribution in [0.1, 0.15) is 23.6 Å². The lowest BCUT2D eigenvalue weighted by Gasteiger charge is -2.34. The number of benzene rings is 3. The van der Waals surface area contributed by atoms with Gasteiger partial charge < -0.3 is 20.7 Å². The normalized spacial score (nSPS) is 15.0. The number of hydrogen-bond donors (Lipinski definition) is 3. The molecule has 4 N–H and O–H groups in total. The molecule has 35 heavy (non-hydrogen) atoms. The van der Waals surface area contributed by atoms with Gasteiger partial charge in [0.2, 0.25) is 5.91 Å². The number of aromatic nitrogens is 1. The molecule has 0 unspecified atom stereocenters. The summed E-state index contributed by atoms with van der Waals surface area (Å²) in [6, 6.07) is 23.6. The molecule has 1 aliphatic heterocycles. The second-order valence-corrected chi connectivity index (χ2v) is 8.93. The van der Waals surface area contributed by atoms with Gasteiger partial charge in [-0.15, -0.1) is 0 Å². The Morgan fingerprint density at radius 1 is 1.00 bits per heavy atom. The number of fused-ring (bicyclic) bond motifs is 1. The monoisotopic (exact) mass is 467 g/mol. The topological polar surface area (TPSA) is 98.0 Å². The van der Waals surface area contributed by atoms with Gasteiger partial charge in [0.25, 0.3) is 0 Å². The summed E-state index contributed by atoms with van der Waals surface area (Å²) in [4.78, 5) is 23.8.